The Labute approximate surface area is 115 Å². The van der Waals surface area contributed by atoms with E-state index in [0.717, 1.165) is 18.0 Å². The third kappa shape index (κ3) is 5.71. The molecule has 0 saturated carbocycles. The van der Waals surface area contributed by atoms with E-state index in [0.29, 0.717) is 0 Å². The van der Waals surface area contributed by atoms with Gasteiger partial charge in [0.25, 0.3) is 0 Å². The van der Waals surface area contributed by atoms with E-state index in [1.54, 1.807) is 0 Å². The van der Waals surface area contributed by atoms with Crippen LogP contribution in [0.3, 0.4) is 0 Å². The van der Waals surface area contributed by atoms with Crippen molar-refractivity contribution in [3.8, 4) is 0 Å². The highest BCUT2D eigenvalue weighted by molar-refractivity contribution is 4.85. The molecule has 3 unspecified atom stereocenters. The Bertz CT molecular complexity index is 205. The van der Waals surface area contributed by atoms with Gasteiger partial charge < -0.3 is 10.2 Å². The van der Waals surface area contributed by atoms with E-state index in [-0.39, 0.29) is 0 Å². The summed E-state index contributed by atoms with van der Waals surface area (Å²) < 4.78 is 0. The van der Waals surface area contributed by atoms with Crippen molar-refractivity contribution < 1.29 is 0 Å². The van der Waals surface area contributed by atoms with Crippen molar-refractivity contribution in [1.82, 2.24) is 10.2 Å². The molecule has 0 radical (unpaired) electrons. The molecule has 0 aliphatic carbocycles. The molecule has 1 fully saturated rings. The Balaban J connectivity index is 2.04. The Morgan fingerprint density at radius 1 is 1.06 bits per heavy atom. The molecule has 1 rings (SSSR count). The van der Waals surface area contributed by atoms with Gasteiger partial charge in [0.15, 0.2) is 0 Å². The van der Waals surface area contributed by atoms with Crippen LogP contribution in [-0.4, -0.2) is 37.1 Å². The van der Waals surface area contributed by atoms with Gasteiger partial charge in [0, 0.05) is 18.6 Å². The second kappa shape index (κ2) is 8.92. The lowest BCUT2D eigenvalue weighted by molar-refractivity contribution is 0.122. The lowest BCUT2D eigenvalue weighted by Gasteiger charge is -2.40. The van der Waals surface area contributed by atoms with Crippen LogP contribution in [0.2, 0.25) is 0 Å². The second-order valence-electron chi connectivity index (χ2n) is 6.33. The van der Waals surface area contributed by atoms with Crippen LogP contribution in [0, 0.1) is 5.92 Å². The average Bonchev–Trinajstić information content (AvgIpc) is 2.34. The fraction of sp³-hybridized carbons (Fsp3) is 1.00. The van der Waals surface area contributed by atoms with E-state index in [1.165, 1.54) is 58.0 Å². The molecule has 1 heterocycles. The number of piperidine rings is 1. The first kappa shape index (κ1) is 16.0. The van der Waals surface area contributed by atoms with Crippen molar-refractivity contribution in [2.24, 2.45) is 5.92 Å². The number of hydrogen-bond acceptors (Lipinski definition) is 2. The quantitative estimate of drug-likeness (QED) is 0.665. The van der Waals surface area contributed by atoms with Crippen LogP contribution in [-0.2, 0) is 0 Å². The minimum absolute atomic E-state index is 0.739. The Morgan fingerprint density at radius 3 is 2.44 bits per heavy atom. The van der Waals surface area contributed by atoms with E-state index in [9.17, 15) is 0 Å². The van der Waals surface area contributed by atoms with Crippen molar-refractivity contribution in [2.75, 3.05) is 20.1 Å². The molecule has 3 atom stereocenters. The van der Waals surface area contributed by atoms with Gasteiger partial charge in [-0.1, -0.05) is 46.0 Å². The summed E-state index contributed by atoms with van der Waals surface area (Å²) in [6.45, 7) is 9.49. The molecule has 2 nitrogen and oxygen atoms in total. The van der Waals surface area contributed by atoms with Crippen molar-refractivity contribution in [2.45, 2.75) is 77.8 Å². The van der Waals surface area contributed by atoms with Crippen molar-refractivity contribution in [1.29, 1.82) is 0 Å². The Hall–Kier alpha value is -0.0800. The second-order valence-corrected chi connectivity index (χ2v) is 6.33. The molecular weight excluding hydrogens is 220 g/mol. The maximum absolute atomic E-state index is 3.79. The Morgan fingerprint density at radius 2 is 1.72 bits per heavy atom. The molecule has 0 aromatic heterocycles. The molecular formula is C16H34N2. The summed E-state index contributed by atoms with van der Waals surface area (Å²) in [7, 11) is 2.26. The van der Waals surface area contributed by atoms with Gasteiger partial charge in [0.05, 0.1) is 0 Å². The van der Waals surface area contributed by atoms with Gasteiger partial charge in [-0.25, -0.2) is 0 Å². The van der Waals surface area contributed by atoms with Crippen LogP contribution in [0.25, 0.3) is 0 Å². The molecule has 1 saturated heterocycles. The van der Waals surface area contributed by atoms with Gasteiger partial charge in [-0.15, -0.1) is 0 Å². The molecule has 0 amide bonds. The highest BCUT2D eigenvalue weighted by Crippen LogP contribution is 2.20. The van der Waals surface area contributed by atoms with Gasteiger partial charge in [0.1, 0.15) is 0 Å². The van der Waals surface area contributed by atoms with Crippen LogP contribution < -0.4 is 5.32 Å². The SMILES string of the molecule is CCCCCCCCNC1CC(C)N(C)CC1C. The molecule has 0 aromatic carbocycles. The topological polar surface area (TPSA) is 15.3 Å². The van der Waals surface area contributed by atoms with Gasteiger partial charge in [-0.05, 0) is 39.3 Å². The largest absolute Gasteiger partial charge is 0.314 e. The molecule has 1 aliphatic rings. The molecule has 2 heteroatoms. The van der Waals surface area contributed by atoms with Crippen LogP contribution >= 0.6 is 0 Å². The van der Waals surface area contributed by atoms with Crippen LogP contribution in [0.1, 0.15) is 65.7 Å². The fourth-order valence-corrected chi connectivity index (χ4v) is 3.02. The molecule has 18 heavy (non-hydrogen) atoms. The summed E-state index contributed by atoms with van der Waals surface area (Å²) in [5.74, 6) is 0.797. The zero-order valence-electron chi connectivity index (χ0n) is 13.0. The number of nitrogens with zero attached hydrogens (tertiary/aromatic N) is 1. The first-order chi connectivity index (χ1) is 8.65. The van der Waals surface area contributed by atoms with Gasteiger partial charge in [-0.2, -0.15) is 0 Å². The van der Waals surface area contributed by atoms with Gasteiger partial charge in [0.2, 0.25) is 0 Å². The van der Waals surface area contributed by atoms with Crippen LogP contribution in [0.5, 0.6) is 0 Å². The van der Waals surface area contributed by atoms with E-state index in [4.69, 9.17) is 0 Å². The van der Waals surface area contributed by atoms with E-state index in [1.807, 2.05) is 0 Å². The van der Waals surface area contributed by atoms with E-state index >= 15 is 0 Å². The normalized spacial score (nSPS) is 29.7. The lowest BCUT2D eigenvalue weighted by Crippen LogP contribution is -2.51. The number of rotatable bonds is 8. The summed E-state index contributed by atoms with van der Waals surface area (Å²) in [6, 6.07) is 1.48. The molecule has 0 aromatic rings. The van der Waals surface area contributed by atoms with Crippen LogP contribution in [0.4, 0.5) is 0 Å². The lowest BCUT2D eigenvalue weighted by atomic mass is 9.90. The maximum atomic E-state index is 3.79. The van der Waals surface area contributed by atoms with Crippen molar-refractivity contribution >= 4 is 0 Å². The summed E-state index contributed by atoms with van der Waals surface area (Å²) >= 11 is 0. The third-order valence-electron chi connectivity index (χ3n) is 4.55. The standard InChI is InChI=1S/C16H34N2/c1-5-6-7-8-9-10-11-17-16-12-15(3)18(4)13-14(16)2/h14-17H,5-13H2,1-4H3. The Kier molecular flexibility index (Phi) is 7.92. The maximum Gasteiger partial charge on any atom is 0.0120 e. The summed E-state index contributed by atoms with van der Waals surface area (Å²) in [6.07, 6.45) is 9.70. The zero-order valence-corrected chi connectivity index (χ0v) is 13.0. The number of nitrogens with one attached hydrogen (secondary N) is 1. The van der Waals surface area contributed by atoms with E-state index in [2.05, 4.69) is 38.0 Å². The van der Waals surface area contributed by atoms with Crippen molar-refractivity contribution in [3.05, 3.63) is 0 Å². The summed E-state index contributed by atoms with van der Waals surface area (Å²) in [5.41, 5.74) is 0. The minimum atomic E-state index is 0.739. The fourth-order valence-electron chi connectivity index (χ4n) is 3.02. The first-order valence-electron chi connectivity index (χ1n) is 8.08. The first-order valence-corrected chi connectivity index (χ1v) is 8.08. The average molecular weight is 254 g/mol. The predicted molar refractivity (Wildman–Crippen MR) is 81.0 cm³/mol. The monoisotopic (exact) mass is 254 g/mol. The molecule has 0 spiro atoms. The molecule has 1 N–H and O–H groups in total. The zero-order chi connectivity index (χ0) is 13.4. The predicted octanol–water partition coefficient (Wildman–Crippen LogP) is 3.67. The highest BCUT2D eigenvalue weighted by atomic mass is 15.2. The minimum Gasteiger partial charge on any atom is -0.314 e. The third-order valence-corrected chi connectivity index (χ3v) is 4.55. The number of unbranched alkanes of at least 4 members (excludes halogenated alkanes) is 5. The van der Waals surface area contributed by atoms with Gasteiger partial charge >= 0.3 is 0 Å². The molecule has 1 aliphatic heterocycles. The summed E-state index contributed by atoms with van der Waals surface area (Å²) in [4.78, 5) is 2.49. The smallest absolute Gasteiger partial charge is 0.0120 e. The van der Waals surface area contributed by atoms with Crippen LogP contribution in [0.15, 0.2) is 0 Å². The van der Waals surface area contributed by atoms with E-state index < -0.39 is 0 Å². The molecule has 0 bridgehead atoms. The highest BCUT2D eigenvalue weighted by Gasteiger charge is 2.27. The molecule has 108 valence electrons. The van der Waals surface area contributed by atoms with Crippen molar-refractivity contribution in [3.63, 3.8) is 0 Å². The summed E-state index contributed by atoms with van der Waals surface area (Å²) in [5, 5.41) is 3.79. The number of likely N-dealkylation sites (tertiary alicyclic amines) is 1. The van der Waals surface area contributed by atoms with Gasteiger partial charge in [-0.3, -0.25) is 0 Å². The number of hydrogen-bond donors (Lipinski definition) is 1.